The van der Waals surface area contributed by atoms with Crippen LogP contribution in [-0.2, 0) is 0 Å². The summed E-state index contributed by atoms with van der Waals surface area (Å²) < 4.78 is 18.7. The Kier molecular flexibility index (Phi) is 4.71. The van der Waals surface area contributed by atoms with Crippen molar-refractivity contribution in [2.24, 2.45) is 5.92 Å². The first-order valence-corrected chi connectivity index (χ1v) is 5.25. The van der Waals surface area contributed by atoms with Crippen molar-refractivity contribution in [2.45, 2.75) is 20.0 Å². The molecule has 0 spiro atoms. The zero-order valence-electron chi connectivity index (χ0n) is 9.48. The third-order valence-electron chi connectivity index (χ3n) is 2.27. The summed E-state index contributed by atoms with van der Waals surface area (Å²) in [5.41, 5.74) is 0.514. The molecule has 0 aliphatic carbocycles. The minimum Gasteiger partial charge on any atom is -0.490 e. The predicted molar refractivity (Wildman–Crippen MR) is 58.8 cm³/mol. The molecule has 0 aliphatic rings. The number of hydrogen-bond acceptors (Lipinski definition) is 3. The normalized spacial score (nSPS) is 14.6. The van der Waals surface area contributed by atoms with Gasteiger partial charge in [0.25, 0.3) is 0 Å². The molecule has 1 rings (SSSR count). The SMILES string of the molecule is CC(CO)COc1ccc([C@@H](C)O)cc1F. The largest absolute Gasteiger partial charge is 0.490 e. The quantitative estimate of drug-likeness (QED) is 0.809. The van der Waals surface area contributed by atoms with Crippen LogP contribution in [0.2, 0.25) is 0 Å². The van der Waals surface area contributed by atoms with Crippen LogP contribution in [-0.4, -0.2) is 23.4 Å². The number of aliphatic hydroxyl groups is 2. The van der Waals surface area contributed by atoms with Gasteiger partial charge in [-0.2, -0.15) is 0 Å². The van der Waals surface area contributed by atoms with E-state index in [4.69, 9.17) is 9.84 Å². The van der Waals surface area contributed by atoms with Gasteiger partial charge >= 0.3 is 0 Å². The van der Waals surface area contributed by atoms with Crippen molar-refractivity contribution in [3.8, 4) is 5.75 Å². The van der Waals surface area contributed by atoms with Gasteiger partial charge in [-0.25, -0.2) is 4.39 Å². The van der Waals surface area contributed by atoms with E-state index in [2.05, 4.69) is 0 Å². The number of benzene rings is 1. The van der Waals surface area contributed by atoms with Gasteiger partial charge in [-0.05, 0) is 24.6 Å². The molecule has 0 saturated carbocycles. The van der Waals surface area contributed by atoms with Gasteiger partial charge in [0, 0.05) is 12.5 Å². The molecule has 1 aromatic carbocycles. The van der Waals surface area contributed by atoms with Crippen LogP contribution in [0.5, 0.6) is 5.75 Å². The zero-order valence-corrected chi connectivity index (χ0v) is 9.48. The fourth-order valence-corrected chi connectivity index (χ4v) is 1.18. The third-order valence-corrected chi connectivity index (χ3v) is 2.27. The van der Waals surface area contributed by atoms with Crippen molar-refractivity contribution in [1.29, 1.82) is 0 Å². The highest BCUT2D eigenvalue weighted by molar-refractivity contribution is 5.30. The van der Waals surface area contributed by atoms with Crippen molar-refractivity contribution < 1.29 is 19.3 Å². The maximum Gasteiger partial charge on any atom is 0.165 e. The lowest BCUT2D eigenvalue weighted by Crippen LogP contribution is -2.12. The lowest BCUT2D eigenvalue weighted by atomic mass is 10.1. The Balaban J connectivity index is 2.68. The fraction of sp³-hybridized carbons (Fsp3) is 0.500. The van der Waals surface area contributed by atoms with E-state index in [1.807, 2.05) is 6.92 Å². The molecule has 4 heteroatoms. The summed E-state index contributed by atoms with van der Waals surface area (Å²) in [6, 6.07) is 4.36. The second-order valence-electron chi connectivity index (χ2n) is 3.96. The monoisotopic (exact) mass is 228 g/mol. The molecule has 0 fully saturated rings. The van der Waals surface area contributed by atoms with Crippen molar-refractivity contribution >= 4 is 0 Å². The molecule has 0 aromatic heterocycles. The first-order valence-electron chi connectivity index (χ1n) is 5.25. The Hall–Kier alpha value is -1.13. The molecule has 90 valence electrons. The summed E-state index contributed by atoms with van der Waals surface area (Å²) in [5.74, 6) is -0.385. The molecule has 2 N–H and O–H groups in total. The van der Waals surface area contributed by atoms with Gasteiger partial charge in [-0.3, -0.25) is 0 Å². The number of ether oxygens (including phenoxy) is 1. The van der Waals surface area contributed by atoms with Crippen LogP contribution >= 0.6 is 0 Å². The van der Waals surface area contributed by atoms with Gasteiger partial charge < -0.3 is 14.9 Å². The van der Waals surface area contributed by atoms with E-state index in [-0.39, 0.29) is 24.9 Å². The topological polar surface area (TPSA) is 49.7 Å². The number of aliphatic hydroxyl groups excluding tert-OH is 2. The summed E-state index contributed by atoms with van der Waals surface area (Å²) in [6.07, 6.45) is -0.695. The molecule has 0 heterocycles. The summed E-state index contributed by atoms with van der Waals surface area (Å²) >= 11 is 0. The molecule has 0 saturated heterocycles. The average molecular weight is 228 g/mol. The van der Waals surface area contributed by atoms with Crippen LogP contribution in [0.15, 0.2) is 18.2 Å². The smallest absolute Gasteiger partial charge is 0.165 e. The molecule has 1 aromatic rings. The third kappa shape index (κ3) is 3.47. The first kappa shape index (κ1) is 12.9. The van der Waals surface area contributed by atoms with Crippen molar-refractivity contribution in [3.05, 3.63) is 29.6 Å². The molecule has 2 atom stereocenters. The number of rotatable bonds is 5. The predicted octanol–water partition coefficient (Wildman–Crippen LogP) is 1.89. The molecule has 0 radical (unpaired) electrons. The number of halogens is 1. The van der Waals surface area contributed by atoms with Gasteiger partial charge in [0.2, 0.25) is 0 Å². The van der Waals surface area contributed by atoms with E-state index in [0.717, 1.165) is 0 Å². The minimum absolute atomic E-state index is 0.00732. The summed E-state index contributed by atoms with van der Waals surface area (Å²) in [5, 5.41) is 18.0. The molecule has 3 nitrogen and oxygen atoms in total. The van der Waals surface area contributed by atoms with Crippen LogP contribution in [0.1, 0.15) is 25.5 Å². The van der Waals surface area contributed by atoms with Crippen LogP contribution in [0.4, 0.5) is 4.39 Å². The first-order chi connectivity index (χ1) is 7.54. The molecule has 16 heavy (non-hydrogen) atoms. The lowest BCUT2D eigenvalue weighted by Gasteiger charge is -2.12. The van der Waals surface area contributed by atoms with Gasteiger partial charge in [0.05, 0.1) is 12.7 Å². The van der Waals surface area contributed by atoms with Gasteiger partial charge in [-0.15, -0.1) is 0 Å². The van der Waals surface area contributed by atoms with Crippen molar-refractivity contribution in [1.82, 2.24) is 0 Å². The van der Waals surface area contributed by atoms with Crippen LogP contribution in [0.3, 0.4) is 0 Å². The maximum atomic E-state index is 13.5. The Labute approximate surface area is 94.5 Å². The second kappa shape index (κ2) is 5.82. The fourth-order valence-electron chi connectivity index (χ4n) is 1.18. The van der Waals surface area contributed by atoms with Gasteiger partial charge in [-0.1, -0.05) is 13.0 Å². The van der Waals surface area contributed by atoms with Crippen LogP contribution < -0.4 is 4.74 Å². The summed E-state index contributed by atoms with van der Waals surface area (Å²) in [7, 11) is 0. The Morgan fingerprint density at radius 3 is 2.56 bits per heavy atom. The Bertz CT molecular complexity index is 339. The lowest BCUT2D eigenvalue weighted by molar-refractivity contribution is 0.170. The Morgan fingerprint density at radius 1 is 1.38 bits per heavy atom. The highest BCUT2D eigenvalue weighted by Gasteiger charge is 2.09. The number of hydrogen-bond donors (Lipinski definition) is 2. The van der Waals surface area contributed by atoms with E-state index in [9.17, 15) is 9.50 Å². The van der Waals surface area contributed by atoms with E-state index in [1.165, 1.54) is 12.1 Å². The van der Waals surface area contributed by atoms with Crippen LogP contribution in [0.25, 0.3) is 0 Å². The zero-order chi connectivity index (χ0) is 12.1. The Morgan fingerprint density at radius 2 is 2.06 bits per heavy atom. The molecular formula is C12H17FO3. The standard InChI is InChI=1S/C12H17FO3/c1-8(6-14)7-16-12-4-3-10(9(2)15)5-11(12)13/h3-5,8-9,14-15H,6-7H2,1-2H3/t8?,9-/m1/s1. The molecule has 0 aliphatic heterocycles. The minimum atomic E-state index is -0.695. The second-order valence-corrected chi connectivity index (χ2v) is 3.96. The highest BCUT2D eigenvalue weighted by atomic mass is 19.1. The van der Waals surface area contributed by atoms with Crippen molar-refractivity contribution in [3.63, 3.8) is 0 Å². The summed E-state index contributed by atoms with van der Waals surface area (Å²) in [4.78, 5) is 0. The average Bonchev–Trinajstić information content (AvgIpc) is 2.26. The summed E-state index contributed by atoms with van der Waals surface area (Å²) in [6.45, 7) is 3.65. The highest BCUT2D eigenvalue weighted by Crippen LogP contribution is 2.22. The molecular weight excluding hydrogens is 211 g/mol. The van der Waals surface area contributed by atoms with Gasteiger partial charge in [0.1, 0.15) is 0 Å². The van der Waals surface area contributed by atoms with E-state index in [1.54, 1.807) is 13.0 Å². The van der Waals surface area contributed by atoms with Gasteiger partial charge in [0.15, 0.2) is 11.6 Å². The molecule has 0 amide bonds. The van der Waals surface area contributed by atoms with Crippen molar-refractivity contribution in [2.75, 3.05) is 13.2 Å². The molecule has 0 bridgehead atoms. The van der Waals surface area contributed by atoms with E-state index >= 15 is 0 Å². The molecule has 1 unspecified atom stereocenters. The maximum absolute atomic E-state index is 13.5. The van der Waals surface area contributed by atoms with E-state index in [0.29, 0.717) is 5.56 Å². The van der Waals surface area contributed by atoms with Crippen LogP contribution in [0, 0.1) is 11.7 Å². The van der Waals surface area contributed by atoms with E-state index < -0.39 is 11.9 Å².